The standard InChI is InChI=1S/C12H10BrNO2/c1-7-10(13)9(11(14-7)12(15)16)8-5-3-2-4-6-8/h2-6,14H,1H3,(H,15,16). The van der Waals surface area contributed by atoms with Gasteiger partial charge in [-0.25, -0.2) is 4.79 Å². The predicted molar refractivity (Wildman–Crippen MR) is 65.6 cm³/mol. The van der Waals surface area contributed by atoms with Gasteiger partial charge < -0.3 is 10.1 Å². The summed E-state index contributed by atoms with van der Waals surface area (Å²) in [6.07, 6.45) is 0. The van der Waals surface area contributed by atoms with Crippen LogP contribution in [0.2, 0.25) is 0 Å². The SMILES string of the molecule is Cc1[nH]c(C(=O)O)c(-c2ccccc2)c1Br. The summed E-state index contributed by atoms with van der Waals surface area (Å²) in [6, 6.07) is 9.45. The van der Waals surface area contributed by atoms with Crippen molar-refractivity contribution in [1.29, 1.82) is 0 Å². The third-order valence-corrected chi connectivity index (χ3v) is 3.38. The van der Waals surface area contributed by atoms with E-state index < -0.39 is 5.97 Å². The Morgan fingerprint density at radius 2 is 1.94 bits per heavy atom. The van der Waals surface area contributed by atoms with E-state index in [0.29, 0.717) is 5.56 Å². The zero-order valence-corrected chi connectivity index (χ0v) is 10.2. The van der Waals surface area contributed by atoms with Gasteiger partial charge in [-0.15, -0.1) is 0 Å². The molecule has 1 aromatic heterocycles. The summed E-state index contributed by atoms with van der Waals surface area (Å²) in [5.74, 6) is -0.951. The molecule has 0 aliphatic rings. The zero-order valence-electron chi connectivity index (χ0n) is 8.62. The third kappa shape index (κ3) is 1.76. The number of aryl methyl sites for hydroxylation is 1. The van der Waals surface area contributed by atoms with Gasteiger partial charge in [0.05, 0.1) is 0 Å². The Labute approximate surface area is 101 Å². The summed E-state index contributed by atoms with van der Waals surface area (Å²) in [5.41, 5.74) is 2.62. The summed E-state index contributed by atoms with van der Waals surface area (Å²) in [7, 11) is 0. The fourth-order valence-electron chi connectivity index (χ4n) is 1.64. The van der Waals surface area contributed by atoms with Gasteiger partial charge in [-0.2, -0.15) is 0 Å². The predicted octanol–water partition coefficient (Wildman–Crippen LogP) is 3.45. The van der Waals surface area contributed by atoms with Crippen molar-refractivity contribution in [3.63, 3.8) is 0 Å². The molecule has 82 valence electrons. The summed E-state index contributed by atoms with van der Waals surface area (Å²) in [4.78, 5) is 14.0. The van der Waals surface area contributed by atoms with Crippen molar-refractivity contribution in [2.45, 2.75) is 6.92 Å². The van der Waals surface area contributed by atoms with E-state index >= 15 is 0 Å². The van der Waals surface area contributed by atoms with Gasteiger partial charge in [0.15, 0.2) is 0 Å². The van der Waals surface area contributed by atoms with Crippen LogP contribution in [0.1, 0.15) is 16.2 Å². The molecule has 0 aliphatic carbocycles. The molecule has 16 heavy (non-hydrogen) atoms. The van der Waals surface area contributed by atoms with Gasteiger partial charge in [-0.3, -0.25) is 0 Å². The van der Waals surface area contributed by atoms with Crippen LogP contribution in [0.3, 0.4) is 0 Å². The normalized spacial score (nSPS) is 10.4. The Morgan fingerprint density at radius 1 is 1.31 bits per heavy atom. The highest BCUT2D eigenvalue weighted by Crippen LogP contribution is 2.34. The monoisotopic (exact) mass is 279 g/mol. The van der Waals surface area contributed by atoms with Crippen LogP contribution in [0.5, 0.6) is 0 Å². The molecule has 0 atom stereocenters. The molecule has 4 heteroatoms. The maximum absolute atomic E-state index is 11.1. The van der Waals surface area contributed by atoms with Crippen LogP contribution in [-0.4, -0.2) is 16.1 Å². The van der Waals surface area contributed by atoms with E-state index in [4.69, 9.17) is 5.11 Å². The molecule has 2 aromatic rings. The van der Waals surface area contributed by atoms with Gasteiger partial charge in [-0.05, 0) is 28.4 Å². The molecule has 0 saturated heterocycles. The number of rotatable bonds is 2. The number of H-pyrrole nitrogens is 1. The van der Waals surface area contributed by atoms with Crippen LogP contribution in [0.15, 0.2) is 34.8 Å². The highest BCUT2D eigenvalue weighted by atomic mass is 79.9. The van der Waals surface area contributed by atoms with Crippen molar-refractivity contribution < 1.29 is 9.90 Å². The van der Waals surface area contributed by atoms with Crippen molar-refractivity contribution in [2.24, 2.45) is 0 Å². The first-order valence-corrected chi connectivity index (χ1v) is 5.57. The minimum Gasteiger partial charge on any atom is -0.477 e. The molecule has 2 N–H and O–H groups in total. The van der Waals surface area contributed by atoms with E-state index in [1.165, 1.54) is 0 Å². The largest absolute Gasteiger partial charge is 0.477 e. The van der Waals surface area contributed by atoms with Crippen LogP contribution in [0, 0.1) is 6.92 Å². The number of carboxylic acids is 1. The van der Waals surface area contributed by atoms with Gasteiger partial charge >= 0.3 is 5.97 Å². The number of halogens is 1. The average Bonchev–Trinajstić information content (AvgIpc) is 2.57. The van der Waals surface area contributed by atoms with E-state index in [9.17, 15) is 4.79 Å². The molecule has 0 aliphatic heterocycles. The van der Waals surface area contributed by atoms with Crippen LogP contribution in [-0.2, 0) is 0 Å². The summed E-state index contributed by atoms with van der Waals surface area (Å²) in [5, 5.41) is 9.11. The Kier molecular flexibility index (Phi) is 2.83. The van der Waals surface area contributed by atoms with Crippen LogP contribution >= 0.6 is 15.9 Å². The second kappa shape index (κ2) is 4.14. The first-order chi connectivity index (χ1) is 7.61. The second-order valence-corrected chi connectivity index (χ2v) is 4.28. The first-order valence-electron chi connectivity index (χ1n) is 4.78. The lowest BCUT2D eigenvalue weighted by molar-refractivity contribution is 0.0692. The number of nitrogens with one attached hydrogen (secondary N) is 1. The number of benzene rings is 1. The number of hydrogen-bond donors (Lipinski definition) is 2. The van der Waals surface area contributed by atoms with Crippen molar-refractivity contribution in [2.75, 3.05) is 0 Å². The van der Waals surface area contributed by atoms with Gasteiger partial charge in [0.2, 0.25) is 0 Å². The van der Waals surface area contributed by atoms with Gasteiger partial charge in [0, 0.05) is 15.7 Å². The lowest BCUT2D eigenvalue weighted by atomic mass is 10.1. The van der Waals surface area contributed by atoms with Crippen LogP contribution < -0.4 is 0 Å². The topological polar surface area (TPSA) is 53.1 Å². The minimum atomic E-state index is -0.951. The molecule has 0 amide bonds. The van der Waals surface area contributed by atoms with Crippen LogP contribution in [0.4, 0.5) is 0 Å². The number of aromatic amines is 1. The molecule has 0 radical (unpaired) electrons. The summed E-state index contributed by atoms with van der Waals surface area (Å²) >= 11 is 3.41. The van der Waals surface area contributed by atoms with E-state index in [0.717, 1.165) is 15.7 Å². The Balaban J connectivity index is 2.68. The third-order valence-electron chi connectivity index (χ3n) is 2.39. The molecule has 0 saturated carbocycles. The number of aromatic carboxylic acids is 1. The van der Waals surface area contributed by atoms with E-state index in [1.54, 1.807) is 0 Å². The maximum Gasteiger partial charge on any atom is 0.352 e. The van der Waals surface area contributed by atoms with Crippen molar-refractivity contribution in [3.05, 3.63) is 46.2 Å². The lowest BCUT2D eigenvalue weighted by Crippen LogP contribution is -1.98. The highest BCUT2D eigenvalue weighted by Gasteiger charge is 2.19. The first kappa shape index (κ1) is 11.0. The Bertz CT molecular complexity index is 531. The number of hydrogen-bond acceptors (Lipinski definition) is 1. The number of carbonyl (C=O) groups is 1. The molecule has 1 aromatic carbocycles. The average molecular weight is 280 g/mol. The van der Waals surface area contributed by atoms with E-state index in [-0.39, 0.29) is 5.69 Å². The quantitative estimate of drug-likeness (QED) is 0.885. The molecule has 2 rings (SSSR count). The zero-order chi connectivity index (χ0) is 11.7. The van der Waals surface area contributed by atoms with Gasteiger partial charge in [0.1, 0.15) is 5.69 Å². The van der Waals surface area contributed by atoms with Crippen molar-refractivity contribution >= 4 is 21.9 Å². The fourth-order valence-corrected chi connectivity index (χ4v) is 2.16. The molecule has 1 heterocycles. The number of aromatic nitrogens is 1. The van der Waals surface area contributed by atoms with Gasteiger partial charge in [0.25, 0.3) is 0 Å². The fraction of sp³-hybridized carbons (Fsp3) is 0.0833. The molecule has 0 bridgehead atoms. The lowest BCUT2D eigenvalue weighted by Gasteiger charge is -2.01. The smallest absolute Gasteiger partial charge is 0.352 e. The van der Waals surface area contributed by atoms with Crippen molar-refractivity contribution in [3.8, 4) is 11.1 Å². The summed E-state index contributed by atoms with van der Waals surface area (Å²) < 4.78 is 0.802. The minimum absolute atomic E-state index is 0.218. The highest BCUT2D eigenvalue weighted by molar-refractivity contribution is 9.10. The number of carboxylic acid groups (broad SMARTS) is 1. The molecule has 3 nitrogen and oxygen atoms in total. The Hall–Kier alpha value is -1.55. The molecule has 0 spiro atoms. The molecule has 0 fully saturated rings. The van der Waals surface area contributed by atoms with E-state index in [1.807, 2.05) is 37.3 Å². The molecule has 0 unspecified atom stereocenters. The summed E-state index contributed by atoms with van der Waals surface area (Å²) in [6.45, 7) is 1.84. The second-order valence-electron chi connectivity index (χ2n) is 3.49. The maximum atomic E-state index is 11.1. The molecular weight excluding hydrogens is 270 g/mol. The molecular formula is C12H10BrNO2. The van der Waals surface area contributed by atoms with E-state index in [2.05, 4.69) is 20.9 Å². The van der Waals surface area contributed by atoms with Crippen LogP contribution in [0.25, 0.3) is 11.1 Å². The Morgan fingerprint density at radius 3 is 2.50 bits per heavy atom. The van der Waals surface area contributed by atoms with Gasteiger partial charge in [-0.1, -0.05) is 30.3 Å². The van der Waals surface area contributed by atoms with Crippen molar-refractivity contribution in [1.82, 2.24) is 4.98 Å².